The summed E-state index contributed by atoms with van der Waals surface area (Å²) in [6.07, 6.45) is 11.1. The Morgan fingerprint density at radius 3 is 2.71 bits per heavy atom. The van der Waals surface area contributed by atoms with Gasteiger partial charge in [-0.3, -0.25) is 14.3 Å². The molecule has 0 unspecified atom stereocenters. The van der Waals surface area contributed by atoms with Gasteiger partial charge in [0.1, 0.15) is 11.4 Å². The summed E-state index contributed by atoms with van der Waals surface area (Å²) in [7, 11) is 1.75. The van der Waals surface area contributed by atoms with E-state index < -0.39 is 0 Å². The van der Waals surface area contributed by atoms with Crippen LogP contribution in [0, 0.1) is 12.8 Å². The quantitative estimate of drug-likeness (QED) is 0.286. The van der Waals surface area contributed by atoms with Gasteiger partial charge in [0, 0.05) is 55.9 Å². The molecule has 198 valence electrons. The minimum Gasteiger partial charge on any atom is -0.496 e. The minimum atomic E-state index is -0.232. The van der Waals surface area contributed by atoms with Crippen LogP contribution in [0.3, 0.4) is 0 Å². The minimum absolute atomic E-state index is 0.181. The number of nitrogens with zero attached hydrogens (tertiary/aromatic N) is 4. The second-order valence-electron chi connectivity index (χ2n) is 10.0. The molecule has 4 heterocycles. The maximum Gasteiger partial charge on any atom is 0.137 e. The van der Waals surface area contributed by atoms with E-state index in [0.717, 1.165) is 61.6 Å². The van der Waals surface area contributed by atoms with Crippen molar-refractivity contribution in [1.82, 2.24) is 19.3 Å². The van der Waals surface area contributed by atoms with Crippen LogP contribution in [0.1, 0.15) is 60.2 Å². The lowest BCUT2D eigenvalue weighted by atomic mass is 9.87. The van der Waals surface area contributed by atoms with Gasteiger partial charge in [-0.1, -0.05) is 26.0 Å². The summed E-state index contributed by atoms with van der Waals surface area (Å²) in [6.45, 7) is 8.29. The fourth-order valence-electron chi connectivity index (χ4n) is 5.77. The highest BCUT2D eigenvalue weighted by molar-refractivity contribution is 6.02. The van der Waals surface area contributed by atoms with Gasteiger partial charge >= 0.3 is 0 Å². The maximum atomic E-state index is 12.8. The van der Waals surface area contributed by atoms with Crippen molar-refractivity contribution in [3.8, 4) is 5.75 Å². The Labute approximate surface area is 225 Å². The van der Waals surface area contributed by atoms with Crippen LogP contribution in [0.2, 0.25) is 0 Å². The van der Waals surface area contributed by atoms with Gasteiger partial charge in [-0.25, -0.2) is 4.98 Å². The molecule has 0 amide bonds. The number of ether oxygens (including phenoxy) is 1. The molecular formula is C32H37FN4O. The topological polar surface area (TPSA) is 42.7 Å². The molecule has 0 N–H and O–H groups in total. The first kappa shape index (κ1) is 26.1. The molecule has 38 heavy (non-hydrogen) atoms. The summed E-state index contributed by atoms with van der Waals surface area (Å²) in [5, 5.41) is 0. The van der Waals surface area contributed by atoms with Gasteiger partial charge in [-0.15, -0.1) is 0 Å². The molecular weight excluding hydrogens is 475 g/mol. The first-order valence-corrected chi connectivity index (χ1v) is 13.7. The highest BCUT2D eigenvalue weighted by Gasteiger charge is 2.27. The monoisotopic (exact) mass is 512 g/mol. The molecule has 6 rings (SSSR count). The van der Waals surface area contributed by atoms with Crippen molar-refractivity contribution < 1.29 is 9.13 Å². The third-order valence-corrected chi connectivity index (χ3v) is 7.54. The van der Waals surface area contributed by atoms with E-state index >= 15 is 0 Å². The number of methoxy groups -OCH3 is 1. The standard InChI is InChI=1S/C30H31FN4O.C2H6/c1-20-15-32-11-9-25(20)26-7-3-5-22-6-4-8-27(36-2)30(22)29(26)23-10-12-35-19-24(33-28(35)13-23)18-34-16-21(14-31)17-34;1-2/h4,6,8-13,15,19,21H,3,5,7,14,16-18H2,1-2H3;1-2H3. The zero-order chi connectivity index (χ0) is 26.6. The van der Waals surface area contributed by atoms with Crippen LogP contribution >= 0.6 is 0 Å². The maximum absolute atomic E-state index is 12.8. The average molecular weight is 513 g/mol. The van der Waals surface area contributed by atoms with Crippen molar-refractivity contribution >= 4 is 16.8 Å². The molecule has 0 atom stereocenters. The Morgan fingerprint density at radius 2 is 1.95 bits per heavy atom. The van der Waals surface area contributed by atoms with Crippen LogP contribution in [-0.4, -0.2) is 46.1 Å². The fraction of sp³-hybridized carbons (Fsp3) is 0.375. The number of hydrogen-bond donors (Lipinski definition) is 0. The van der Waals surface area contributed by atoms with Crippen LogP contribution in [-0.2, 0) is 13.0 Å². The summed E-state index contributed by atoms with van der Waals surface area (Å²) in [5.41, 5.74) is 10.5. The van der Waals surface area contributed by atoms with Gasteiger partial charge < -0.3 is 9.14 Å². The number of fused-ring (bicyclic) bond motifs is 2. The molecule has 4 aromatic rings. The summed E-state index contributed by atoms with van der Waals surface area (Å²) in [4.78, 5) is 11.5. The third kappa shape index (κ3) is 4.97. The molecule has 0 saturated carbocycles. The number of halogens is 1. The summed E-state index contributed by atoms with van der Waals surface area (Å²) in [5.74, 6) is 1.08. The second kappa shape index (κ2) is 11.5. The van der Waals surface area contributed by atoms with Gasteiger partial charge in [0.2, 0.25) is 0 Å². The Bertz CT molecular complexity index is 1450. The van der Waals surface area contributed by atoms with E-state index in [9.17, 15) is 4.39 Å². The number of imidazole rings is 1. The van der Waals surface area contributed by atoms with Crippen LogP contribution < -0.4 is 4.74 Å². The smallest absolute Gasteiger partial charge is 0.137 e. The zero-order valence-corrected chi connectivity index (χ0v) is 22.9. The van der Waals surface area contributed by atoms with Crippen molar-refractivity contribution in [3.05, 3.63) is 94.7 Å². The van der Waals surface area contributed by atoms with E-state index in [-0.39, 0.29) is 12.6 Å². The fourth-order valence-corrected chi connectivity index (χ4v) is 5.77. The predicted octanol–water partition coefficient (Wildman–Crippen LogP) is 6.77. The van der Waals surface area contributed by atoms with Gasteiger partial charge in [-0.05, 0) is 83.9 Å². The summed E-state index contributed by atoms with van der Waals surface area (Å²) in [6, 6.07) is 12.9. The summed E-state index contributed by atoms with van der Waals surface area (Å²) < 4.78 is 20.8. The van der Waals surface area contributed by atoms with Gasteiger partial charge in [0.25, 0.3) is 0 Å². The number of likely N-dealkylation sites (tertiary alicyclic amines) is 1. The molecule has 0 bridgehead atoms. The van der Waals surface area contributed by atoms with Crippen molar-refractivity contribution in [2.75, 3.05) is 26.9 Å². The van der Waals surface area contributed by atoms with Crippen LogP contribution in [0.25, 0.3) is 16.8 Å². The molecule has 0 spiro atoms. The second-order valence-corrected chi connectivity index (χ2v) is 10.0. The van der Waals surface area contributed by atoms with Crippen LogP contribution in [0.15, 0.2) is 61.2 Å². The Kier molecular flexibility index (Phi) is 7.89. The SMILES string of the molecule is CC.COc1cccc2c1C(c1ccn3cc(CN4CC(CF)C4)nc3c1)=C(c1ccncc1C)CCC2. The van der Waals surface area contributed by atoms with E-state index in [4.69, 9.17) is 9.72 Å². The molecule has 6 heteroatoms. The van der Waals surface area contributed by atoms with Crippen molar-refractivity contribution in [2.45, 2.75) is 46.6 Å². The summed E-state index contributed by atoms with van der Waals surface area (Å²) >= 11 is 0. The van der Waals surface area contributed by atoms with E-state index in [0.29, 0.717) is 0 Å². The number of pyridine rings is 2. The largest absolute Gasteiger partial charge is 0.496 e. The van der Waals surface area contributed by atoms with Gasteiger partial charge in [0.05, 0.1) is 19.5 Å². The number of allylic oxidation sites excluding steroid dienone is 1. The molecule has 1 aromatic carbocycles. The van der Waals surface area contributed by atoms with Crippen LogP contribution in [0.5, 0.6) is 5.75 Å². The van der Waals surface area contributed by atoms with E-state index in [1.807, 2.05) is 26.2 Å². The molecule has 1 aliphatic heterocycles. The Morgan fingerprint density at radius 1 is 1.11 bits per heavy atom. The molecule has 1 fully saturated rings. The van der Waals surface area contributed by atoms with E-state index in [1.54, 1.807) is 7.11 Å². The van der Waals surface area contributed by atoms with Crippen molar-refractivity contribution in [1.29, 1.82) is 0 Å². The normalized spacial score (nSPS) is 15.9. The number of alkyl halides is 1. The number of aryl methyl sites for hydroxylation is 2. The Hall–Kier alpha value is -3.51. The molecule has 0 radical (unpaired) electrons. The van der Waals surface area contributed by atoms with Crippen molar-refractivity contribution in [2.24, 2.45) is 5.92 Å². The molecule has 1 saturated heterocycles. The number of rotatable bonds is 6. The lowest BCUT2D eigenvalue weighted by Gasteiger charge is -2.37. The highest BCUT2D eigenvalue weighted by atomic mass is 19.1. The highest BCUT2D eigenvalue weighted by Crippen LogP contribution is 2.44. The third-order valence-electron chi connectivity index (χ3n) is 7.54. The lowest BCUT2D eigenvalue weighted by Crippen LogP contribution is -2.46. The number of hydrogen-bond acceptors (Lipinski definition) is 4. The van der Waals surface area contributed by atoms with E-state index in [1.165, 1.54) is 33.4 Å². The molecule has 3 aromatic heterocycles. The number of benzene rings is 1. The molecule has 5 nitrogen and oxygen atoms in total. The molecule has 1 aliphatic carbocycles. The molecule has 2 aliphatic rings. The van der Waals surface area contributed by atoms with Crippen molar-refractivity contribution in [3.63, 3.8) is 0 Å². The van der Waals surface area contributed by atoms with Crippen LogP contribution in [0.4, 0.5) is 4.39 Å². The average Bonchev–Trinajstić information content (AvgIpc) is 3.23. The van der Waals surface area contributed by atoms with E-state index in [2.05, 4.69) is 70.0 Å². The predicted molar refractivity (Wildman–Crippen MR) is 152 cm³/mol. The number of aromatic nitrogens is 3. The first-order valence-electron chi connectivity index (χ1n) is 13.7. The van der Waals surface area contributed by atoms with Gasteiger partial charge in [0.15, 0.2) is 0 Å². The lowest BCUT2D eigenvalue weighted by molar-refractivity contribution is 0.0727. The zero-order valence-electron chi connectivity index (χ0n) is 22.9. The Balaban J connectivity index is 0.00000144. The van der Waals surface area contributed by atoms with Gasteiger partial charge in [-0.2, -0.15) is 0 Å². The first-order chi connectivity index (χ1) is 18.6.